The standard InChI is InChI=1S/C20H28N4O4/c1-17(25)23-9-11-24(12-10-23)18-3-5-19(6-4-18)27-13-14-28-20(26-2)15-22-8-7-21-16-22/h3-8,16,20H,9-15H2,1-2H3. The molecule has 1 amide bonds. The fourth-order valence-electron chi connectivity index (χ4n) is 3.13. The Hall–Kier alpha value is -2.58. The normalized spacial score (nSPS) is 15.5. The summed E-state index contributed by atoms with van der Waals surface area (Å²) < 4.78 is 18.7. The van der Waals surface area contributed by atoms with Crippen molar-refractivity contribution in [3.63, 3.8) is 0 Å². The molecule has 0 saturated carbocycles. The highest BCUT2D eigenvalue weighted by Crippen LogP contribution is 2.21. The van der Waals surface area contributed by atoms with Gasteiger partial charge in [-0.1, -0.05) is 0 Å². The second kappa shape index (κ2) is 10.1. The Morgan fingerprint density at radius 1 is 1.14 bits per heavy atom. The first-order valence-corrected chi connectivity index (χ1v) is 9.49. The molecule has 2 aromatic rings. The summed E-state index contributed by atoms with van der Waals surface area (Å²) >= 11 is 0. The van der Waals surface area contributed by atoms with E-state index in [9.17, 15) is 4.79 Å². The van der Waals surface area contributed by atoms with E-state index >= 15 is 0 Å². The number of carbonyl (C=O) groups excluding carboxylic acids is 1. The molecular weight excluding hydrogens is 360 g/mol. The lowest BCUT2D eigenvalue weighted by Gasteiger charge is -2.35. The molecule has 0 radical (unpaired) electrons. The van der Waals surface area contributed by atoms with Crippen LogP contribution in [-0.4, -0.2) is 73.2 Å². The zero-order valence-corrected chi connectivity index (χ0v) is 16.5. The summed E-state index contributed by atoms with van der Waals surface area (Å²) in [4.78, 5) is 19.6. The van der Waals surface area contributed by atoms with Crippen LogP contribution >= 0.6 is 0 Å². The molecule has 1 unspecified atom stereocenters. The van der Waals surface area contributed by atoms with Gasteiger partial charge >= 0.3 is 0 Å². The number of aromatic nitrogens is 2. The van der Waals surface area contributed by atoms with Crippen molar-refractivity contribution >= 4 is 11.6 Å². The van der Waals surface area contributed by atoms with Crippen LogP contribution in [-0.2, 0) is 20.8 Å². The SMILES string of the molecule is COC(Cn1ccnc1)OCCOc1ccc(N2CCN(C(C)=O)CC2)cc1. The number of imidazole rings is 1. The highest BCUT2D eigenvalue weighted by Gasteiger charge is 2.18. The number of hydrogen-bond acceptors (Lipinski definition) is 6. The van der Waals surface area contributed by atoms with Crippen molar-refractivity contribution in [2.45, 2.75) is 19.8 Å². The summed E-state index contributed by atoms with van der Waals surface area (Å²) in [6.45, 7) is 6.32. The van der Waals surface area contributed by atoms with E-state index in [-0.39, 0.29) is 12.2 Å². The van der Waals surface area contributed by atoms with E-state index in [2.05, 4.69) is 22.0 Å². The molecule has 8 nitrogen and oxygen atoms in total. The van der Waals surface area contributed by atoms with Crippen molar-refractivity contribution in [3.05, 3.63) is 43.0 Å². The molecule has 28 heavy (non-hydrogen) atoms. The molecule has 1 aromatic carbocycles. The van der Waals surface area contributed by atoms with Gasteiger partial charge in [-0.3, -0.25) is 4.79 Å². The van der Waals surface area contributed by atoms with Crippen molar-refractivity contribution in [3.8, 4) is 5.75 Å². The van der Waals surface area contributed by atoms with E-state index in [0.29, 0.717) is 19.8 Å². The molecule has 1 aromatic heterocycles. The Balaban J connectivity index is 1.38. The minimum atomic E-state index is -0.339. The first-order chi connectivity index (χ1) is 13.7. The zero-order valence-electron chi connectivity index (χ0n) is 16.5. The lowest BCUT2D eigenvalue weighted by atomic mass is 10.2. The molecular formula is C20H28N4O4. The number of methoxy groups -OCH3 is 1. The Morgan fingerprint density at radius 2 is 1.89 bits per heavy atom. The lowest BCUT2D eigenvalue weighted by molar-refractivity contribution is -0.135. The van der Waals surface area contributed by atoms with Gasteiger partial charge in [0, 0.05) is 58.3 Å². The monoisotopic (exact) mass is 388 g/mol. The van der Waals surface area contributed by atoms with E-state index in [1.807, 2.05) is 27.8 Å². The van der Waals surface area contributed by atoms with Crippen molar-refractivity contribution in [1.29, 1.82) is 0 Å². The minimum Gasteiger partial charge on any atom is -0.491 e. The Labute approximate surface area is 165 Å². The number of anilines is 1. The van der Waals surface area contributed by atoms with Gasteiger partial charge in [-0.2, -0.15) is 0 Å². The number of carbonyl (C=O) groups is 1. The zero-order chi connectivity index (χ0) is 19.8. The summed E-state index contributed by atoms with van der Waals surface area (Å²) in [6.07, 6.45) is 4.98. The van der Waals surface area contributed by atoms with Gasteiger partial charge in [0.25, 0.3) is 0 Å². The summed E-state index contributed by atoms with van der Waals surface area (Å²) in [5.41, 5.74) is 1.14. The van der Waals surface area contributed by atoms with Crippen LogP contribution in [0.1, 0.15) is 6.92 Å². The average molecular weight is 388 g/mol. The molecule has 0 N–H and O–H groups in total. The number of rotatable bonds is 9. The lowest BCUT2D eigenvalue weighted by Crippen LogP contribution is -2.48. The molecule has 1 aliphatic heterocycles. The smallest absolute Gasteiger partial charge is 0.219 e. The maximum absolute atomic E-state index is 11.4. The molecule has 1 atom stereocenters. The van der Waals surface area contributed by atoms with Crippen molar-refractivity contribution in [2.75, 3.05) is 51.4 Å². The quantitative estimate of drug-likeness (QED) is 0.480. The number of amides is 1. The fraction of sp³-hybridized carbons (Fsp3) is 0.500. The summed E-state index contributed by atoms with van der Waals surface area (Å²) in [5, 5.41) is 0. The number of ether oxygens (including phenoxy) is 3. The summed E-state index contributed by atoms with van der Waals surface area (Å²) in [5.74, 6) is 0.949. The van der Waals surface area contributed by atoms with Crippen molar-refractivity contribution in [1.82, 2.24) is 14.5 Å². The first kappa shape index (κ1) is 20.2. The molecule has 1 aliphatic rings. The molecule has 152 valence electrons. The average Bonchev–Trinajstić information content (AvgIpc) is 3.24. The van der Waals surface area contributed by atoms with Crippen LogP contribution in [0.15, 0.2) is 43.0 Å². The third kappa shape index (κ3) is 5.71. The van der Waals surface area contributed by atoms with Crippen LogP contribution in [0.5, 0.6) is 5.75 Å². The first-order valence-electron chi connectivity index (χ1n) is 9.49. The van der Waals surface area contributed by atoms with Gasteiger partial charge in [-0.15, -0.1) is 0 Å². The highest BCUT2D eigenvalue weighted by molar-refractivity contribution is 5.73. The molecule has 3 rings (SSSR count). The highest BCUT2D eigenvalue weighted by atomic mass is 16.7. The summed E-state index contributed by atoms with van der Waals surface area (Å²) in [7, 11) is 1.62. The third-order valence-corrected chi connectivity index (χ3v) is 4.76. The molecule has 0 spiro atoms. The molecule has 2 heterocycles. The predicted octanol–water partition coefficient (Wildman–Crippen LogP) is 1.62. The third-order valence-electron chi connectivity index (χ3n) is 4.76. The summed E-state index contributed by atoms with van der Waals surface area (Å²) in [6, 6.07) is 8.03. The fourth-order valence-corrected chi connectivity index (χ4v) is 3.13. The predicted molar refractivity (Wildman–Crippen MR) is 105 cm³/mol. The maximum atomic E-state index is 11.4. The Bertz CT molecular complexity index is 712. The van der Waals surface area contributed by atoms with Crippen LogP contribution in [0, 0.1) is 0 Å². The van der Waals surface area contributed by atoms with Crippen molar-refractivity contribution < 1.29 is 19.0 Å². The van der Waals surface area contributed by atoms with Crippen LogP contribution < -0.4 is 9.64 Å². The van der Waals surface area contributed by atoms with E-state index in [0.717, 1.165) is 37.6 Å². The van der Waals surface area contributed by atoms with E-state index in [1.165, 1.54) is 0 Å². The number of piperazine rings is 1. The molecule has 8 heteroatoms. The topological polar surface area (TPSA) is 69.1 Å². The van der Waals surface area contributed by atoms with Gasteiger partial charge < -0.3 is 28.6 Å². The second-order valence-corrected chi connectivity index (χ2v) is 6.63. The van der Waals surface area contributed by atoms with Crippen LogP contribution in [0.2, 0.25) is 0 Å². The Morgan fingerprint density at radius 3 is 2.50 bits per heavy atom. The van der Waals surface area contributed by atoms with E-state index in [1.54, 1.807) is 26.6 Å². The van der Waals surface area contributed by atoms with Crippen LogP contribution in [0.3, 0.4) is 0 Å². The van der Waals surface area contributed by atoms with Crippen molar-refractivity contribution in [2.24, 2.45) is 0 Å². The minimum absolute atomic E-state index is 0.145. The molecule has 0 aliphatic carbocycles. The Kier molecular flexibility index (Phi) is 7.27. The molecule has 1 fully saturated rings. The number of nitrogens with zero attached hydrogens (tertiary/aromatic N) is 4. The van der Waals surface area contributed by atoms with Gasteiger partial charge in [0.2, 0.25) is 5.91 Å². The van der Waals surface area contributed by atoms with Crippen LogP contribution in [0.4, 0.5) is 5.69 Å². The van der Waals surface area contributed by atoms with Gasteiger partial charge in [0.05, 0.1) is 19.5 Å². The van der Waals surface area contributed by atoms with Gasteiger partial charge in [-0.05, 0) is 24.3 Å². The van der Waals surface area contributed by atoms with Crippen LogP contribution in [0.25, 0.3) is 0 Å². The van der Waals surface area contributed by atoms with Gasteiger partial charge in [0.15, 0.2) is 6.29 Å². The number of benzene rings is 1. The van der Waals surface area contributed by atoms with E-state index in [4.69, 9.17) is 14.2 Å². The number of hydrogen-bond donors (Lipinski definition) is 0. The molecule has 1 saturated heterocycles. The maximum Gasteiger partial charge on any atom is 0.219 e. The van der Waals surface area contributed by atoms with Gasteiger partial charge in [0.1, 0.15) is 12.4 Å². The van der Waals surface area contributed by atoms with Gasteiger partial charge in [-0.25, -0.2) is 4.98 Å². The molecule has 0 bridgehead atoms. The largest absolute Gasteiger partial charge is 0.491 e. The van der Waals surface area contributed by atoms with E-state index < -0.39 is 0 Å². The second-order valence-electron chi connectivity index (χ2n) is 6.63.